The molecule has 3 aromatic rings. The van der Waals surface area contributed by atoms with Gasteiger partial charge in [0.05, 0.1) is 17.3 Å². The summed E-state index contributed by atoms with van der Waals surface area (Å²) in [6.45, 7) is 5.71. The van der Waals surface area contributed by atoms with Gasteiger partial charge >= 0.3 is 5.97 Å². The largest absolute Gasteiger partial charge is 0.459 e. The highest BCUT2D eigenvalue weighted by atomic mass is 32.1. The van der Waals surface area contributed by atoms with E-state index in [4.69, 9.17) is 4.74 Å². The Balaban J connectivity index is 1.72. The summed E-state index contributed by atoms with van der Waals surface area (Å²) in [6.07, 6.45) is 0.875. The van der Waals surface area contributed by atoms with Gasteiger partial charge in [-0.3, -0.25) is 14.5 Å². The lowest BCUT2D eigenvalue weighted by Crippen LogP contribution is -2.23. The van der Waals surface area contributed by atoms with Crippen LogP contribution in [0.3, 0.4) is 0 Å². The van der Waals surface area contributed by atoms with Gasteiger partial charge in [-0.1, -0.05) is 68.8 Å². The van der Waals surface area contributed by atoms with Gasteiger partial charge in [0.15, 0.2) is 5.13 Å². The predicted molar refractivity (Wildman–Crippen MR) is 120 cm³/mol. The van der Waals surface area contributed by atoms with Crippen LogP contribution in [-0.2, 0) is 20.9 Å². The SMILES string of the molecule is CC[C@@H](C)[C@H](C(=O)OCc1csc(N(C(C)=O)c2ccccc2)n1)c1ccccc1. The number of amides is 1. The number of para-hydroxylation sites is 1. The number of hydrogen-bond acceptors (Lipinski definition) is 5. The topological polar surface area (TPSA) is 59.5 Å². The molecule has 2 aromatic carbocycles. The molecule has 156 valence electrons. The maximum atomic E-state index is 12.9. The Labute approximate surface area is 181 Å². The predicted octanol–water partition coefficient (Wildman–Crippen LogP) is 5.70. The molecule has 0 aliphatic heterocycles. The van der Waals surface area contributed by atoms with Gasteiger partial charge in [0.2, 0.25) is 5.91 Å². The van der Waals surface area contributed by atoms with Gasteiger partial charge in [-0.25, -0.2) is 4.98 Å². The zero-order valence-corrected chi connectivity index (χ0v) is 18.3. The molecule has 1 amide bonds. The van der Waals surface area contributed by atoms with Gasteiger partial charge in [-0.05, 0) is 23.6 Å². The Morgan fingerprint density at radius 1 is 1.07 bits per heavy atom. The van der Waals surface area contributed by atoms with Gasteiger partial charge in [-0.15, -0.1) is 11.3 Å². The molecule has 0 aliphatic rings. The lowest BCUT2D eigenvalue weighted by atomic mass is 9.86. The van der Waals surface area contributed by atoms with Crippen LogP contribution >= 0.6 is 11.3 Å². The van der Waals surface area contributed by atoms with Crippen molar-refractivity contribution in [1.29, 1.82) is 0 Å². The summed E-state index contributed by atoms with van der Waals surface area (Å²) in [7, 11) is 0. The van der Waals surface area contributed by atoms with Crippen LogP contribution in [0.5, 0.6) is 0 Å². The van der Waals surface area contributed by atoms with Crippen molar-refractivity contribution in [2.45, 2.75) is 39.7 Å². The molecule has 3 rings (SSSR count). The van der Waals surface area contributed by atoms with E-state index in [2.05, 4.69) is 18.8 Å². The summed E-state index contributed by atoms with van der Waals surface area (Å²) >= 11 is 1.35. The summed E-state index contributed by atoms with van der Waals surface area (Å²) in [5.41, 5.74) is 2.34. The van der Waals surface area contributed by atoms with E-state index in [0.29, 0.717) is 10.8 Å². The molecule has 2 atom stereocenters. The van der Waals surface area contributed by atoms with E-state index < -0.39 is 0 Å². The summed E-state index contributed by atoms with van der Waals surface area (Å²) in [5, 5.41) is 2.38. The van der Waals surface area contributed by atoms with Crippen LogP contribution in [-0.4, -0.2) is 16.9 Å². The number of thiazole rings is 1. The van der Waals surface area contributed by atoms with Gasteiger partial charge in [0.25, 0.3) is 0 Å². The Kier molecular flexibility index (Phi) is 7.36. The summed E-state index contributed by atoms with van der Waals surface area (Å²) < 4.78 is 5.63. The van der Waals surface area contributed by atoms with Crippen LogP contribution in [0.4, 0.5) is 10.8 Å². The van der Waals surface area contributed by atoms with E-state index in [9.17, 15) is 9.59 Å². The van der Waals surface area contributed by atoms with Gasteiger partial charge in [0.1, 0.15) is 6.61 Å². The average molecular weight is 423 g/mol. The van der Waals surface area contributed by atoms with Crippen LogP contribution in [0.15, 0.2) is 66.0 Å². The van der Waals surface area contributed by atoms with E-state index in [1.54, 1.807) is 4.90 Å². The van der Waals surface area contributed by atoms with Crippen LogP contribution in [0.2, 0.25) is 0 Å². The minimum absolute atomic E-state index is 0.0790. The Hall–Kier alpha value is -2.99. The molecule has 0 unspecified atom stereocenters. The zero-order valence-electron chi connectivity index (χ0n) is 17.4. The van der Waals surface area contributed by atoms with E-state index in [1.165, 1.54) is 18.3 Å². The molecule has 6 heteroatoms. The second-order valence-electron chi connectivity index (χ2n) is 7.19. The zero-order chi connectivity index (χ0) is 21.5. The third-order valence-corrected chi connectivity index (χ3v) is 5.92. The Morgan fingerprint density at radius 3 is 2.30 bits per heavy atom. The summed E-state index contributed by atoms with van der Waals surface area (Å²) in [5.74, 6) is -0.527. The van der Waals surface area contributed by atoms with Crippen molar-refractivity contribution in [1.82, 2.24) is 4.98 Å². The number of benzene rings is 2. The van der Waals surface area contributed by atoms with Gasteiger partial charge in [0, 0.05) is 12.3 Å². The molecule has 0 radical (unpaired) electrons. The summed E-state index contributed by atoms with van der Waals surface area (Å²) in [6, 6.07) is 19.1. The second-order valence-corrected chi connectivity index (χ2v) is 8.03. The van der Waals surface area contributed by atoms with Crippen molar-refractivity contribution in [2.75, 3.05) is 4.90 Å². The molecule has 0 saturated heterocycles. The minimum Gasteiger partial charge on any atom is -0.459 e. The summed E-state index contributed by atoms with van der Waals surface area (Å²) in [4.78, 5) is 31.1. The molecule has 0 N–H and O–H groups in total. The number of nitrogens with zero attached hydrogens (tertiary/aromatic N) is 2. The van der Waals surface area contributed by atoms with E-state index in [1.807, 2.05) is 66.0 Å². The van der Waals surface area contributed by atoms with Crippen LogP contribution in [0.25, 0.3) is 0 Å². The number of hydrogen-bond donors (Lipinski definition) is 0. The number of carbonyl (C=O) groups excluding carboxylic acids is 2. The minimum atomic E-state index is -0.313. The van der Waals surface area contributed by atoms with E-state index in [-0.39, 0.29) is 30.3 Å². The lowest BCUT2D eigenvalue weighted by molar-refractivity contribution is -0.148. The molecule has 0 saturated carbocycles. The first-order valence-corrected chi connectivity index (χ1v) is 10.9. The third kappa shape index (κ3) is 5.13. The van der Waals surface area contributed by atoms with Crippen molar-refractivity contribution in [3.05, 3.63) is 77.3 Å². The second kappa shape index (κ2) is 10.2. The molecule has 1 aromatic heterocycles. The highest BCUT2D eigenvalue weighted by Crippen LogP contribution is 2.31. The first kappa shape index (κ1) is 21.7. The first-order chi connectivity index (χ1) is 14.5. The number of rotatable bonds is 8. The molecule has 5 nitrogen and oxygen atoms in total. The fourth-order valence-corrected chi connectivity index (χ4v) is 4.17. The van der Waals surface area contributed by atoms with E-state index >= 15 is 0 Å². The molecule has 0 aliphatic carbocycles. The van der Waals surface area contributed by atoms with Crippen LogP contribution in [0, 0.1) is 5.92 Å². The molecule has 0 bridgehead atoms. The molecule has 0 spiro atoms. The highest BCUT2D eigenvalue weighted by Gasteiger charge is 2.27. The number of anilines is 2. The van der Waals surface area contributed by atoms with Crippen molar-refractivity contribution in [3.8, 4) is 0 Å². The molecule has 1 heterocycles. The van der Waals surface area contributed by atoms with Crippen molar-refractivity contribution >= 4 is 34.0 Å². The third-order valence-electron chi connectivity index (χ3n) is 5.05. The van der Waals surface area contributed by atoms with Crippen LogP contribution < -0.4 is 4.90 Å². The van der Waals surface area contributed by atoms with Gasteiger partial charge < -0.3 is 4.74 Å². The average Bonchev–Trinajstić information content (AvgIpc) is 3.22. The van der Waals surface area contributed by atoms with Crippen molar-refractivity contribution < 1.29 is 14.3 Å². The maximum Gasteiger partial charge on any atom is 0.314 e. The van der Waals surface area contributed by atoms with E-state index in [0.717, 1.165) is 17.7 Å². The molecular weight excluding hydrogens is 396 g/mol. The standard InChI is InChI=1S/C24H26N2O3S/c1-4-17(2)22(19-11-7-5-8-12-19)23(28)29-15-20-16-30-24(25-20)26(18(3)27)21-13-9-6-10-14-21/h5-14,16-17,22H,4,15H2,1-3H3/t17-,22+/m1/s1. The fourth-order valence-electron chi connectivity index (χ4n) is 3.30. The number of carbonyl (C=O) groups is 2. The van der Waals surface area contributed by atoms with Gasteiger partial charge in [-0.2, -0.15) is 0 Å². The number of aromatic nitrogens is 1. The lowest BCUT2D eigenvalue weighted by Gasteiger charge is -2.21. The Morgan fingerprint density at radius 2 is 1.70 bits per heavy atom. The quantitative estimate of drug-likeness (QED) is 0.437. The fraction of sp³-hybridized carbons (Fsp3) is 0.292. The normalized spacial score (nSPS) is 12.8. The molecular formula is C24H26N2O3S. The monoisotopic (exact) mass is 422 g/mol. The van der Waals surface area contributed by atoms with Crippen molar-refractivity contribution in [3.63, 3.8) is 0 Å². The van der Waals surface area contributed by atoms with Crippen molar-refractivity contribution in [2.24, 2.45) is 5.92 Å². The maximum absolute atomic E-state index is 12.9. The molecule has 0 fully saturated rings. The van der Waals surface area contributed by atoms with Crippen LogP contribution in [0.1, 0.15) is 44.4 Å². The smallest absolute Gasteiger partial charge is 0.314 e. The molecule has 30 heavy (non-hydrogen) atoms. The number of ether oxygens (including phenoxy) is 1. The first-order valence-electron chi connectivity index (χ1n) is 10.0. The number of esters is 1. The highest BCUT2D eigenvalue weighted by molar-refractivity contribution is 7.14. The Bertz CT molecular complexity index is 972.